The van der Waals surface area contributed by atoms with E-state index in [-0.39, 0.29) is 11.6 Å². The van der Waals surface area contributed by atoms with Gasteiger partial charge < -0.3 is 19.9 Å². The van der Waals surface area contributed by atoms with Crippen LogP contribution in [0.4, 0.5) is 11.4 Å². The normalized spacial score (nSPS) is 13.7. The highest BCUT2D eigenvalue weighted by atomic mass is 16.5. The van der Waals surface area contributed by atoms with Gasteiger partial charge in [0.1, 0.15) is 0 Å². The van der Waals surface area contributed by atoms with Crippen LogP contribution in [0.3, 0.4) is 0 Å². The molecule has 1 fully saturated rings. The van der Waals surface area contributed by atoms with Crippen LogP contribution in [-0.4, -0.2) is 69.2 Å². The Balaban J connectivity index is 1.59. The second-order valence-corrected chi connectivity index (χ2v) is 7.09. The van der Waals surface area contributed by atoms with Crippen molar-refractivity contribution in [3.05, 3.63) is 59.7 Å². The molecule has 0 radical (unpaired) electrons. The Hall–Kier alpha value is -3.72. The highest BCUT2D eigenvalue weighted by molar-refractivity contribution is 6.40. The van der Waals surface area contributed by atoms with Crippen LogP contribution >= 0.6 is 0 Å². The zero-order chi connectivity index (χ0) is 22.2. The first-order chi connectivity index (χ1) is 15.0. The lowest BCUT2D eigenvalue weighted by molar-refractivity contribution is -0.136. The predicted molar refractivity (Wildman–Crippen MR) is 118 cm³/mol. The zero-order valence-electron chi connectivity index (χ0n) is 17.5. The van der Waals surface area contributed by atoms with Gasteiger partial charge in [-0.05, 0) is 29.8 Å². The number of hydrogen-bond acceptors (Lipinski definition) is 6. The summed E-state index contributed by atoms with van der Waals surface area (Å²) in [7, 11) is 3.88. The number of carbonyl (C=O) groups is 3. The van der Waals surface area contributed by atoms with E-state index in [0.717, 1.165) is 11.3 Å². The van der Waals surface area contributed by atoms with Gasteiger partial charge >= 0.3 is 11.8 Å². The average Bonchev–Trinajstić information content (AvgIpc) is 2.79. The molecule has 162 valence electrons. The maximum Gasteiger partial charge on any atom is 0.329 e. The lowest BCUT2D eigenvalue weighted by Crippen LogP contribution is -2.41. The van der Waals surface area contributed by atoms with Crippen molar-refractivity contribution in [3.8, 4) is 0 Å². The van der Waals surface area contributed by atoms with Crippen molar-refractivity contribution in [1.82, 2.24) is 10.3 Å². The Labute approximate surface area is 180 Å². The fourth-order valence-corrected chi connectivity index (χ4v) is 2.97. The molecule has 3 amide bonds. The molecule has 0 spiro atoms. The Morgan fingerprint density at radius 3 is 2.35 bits per heavy atom. The molecule has 31 heavy (non-hydrogen) atoms. The van der Waals surface area contributed by atoms with Gasteiger partial charge in [0.05, 0.1) is 30.7 Å². The van der Waals surface area contributed by atoms with Gasteiger partial charge in [-0.1, -0.05) is 24.3 Å². The number of rotatable bonds is 5. The van der Waals surface area contributed by atoms with Gasteiger partial charge in [0.25, 0.3) is 5.91 Å². The fourth-order valence-electron chi connectivity index (χ4n) is 2.97. The van der Waals surface area contributed by atoms with E-state index in [0.29, 0.717) is 31.9 Å². The summed E-state index contributed by atoms with van der Waals surface area (Å²) in [5.41, 5.74) is 4.58. The van der Waals surface area contributed by atoms with Crippen LogP contribution < -0.4 is 15.6 Å². The lowest BCUT2D eigenvalue weighted by atomic mass is 10.1. The van der Waals surface area contributed by atoms with E-state index >= 15 is 0 Å². The molecule has 2 aromatic carbocycles. The molecule has 9 nitrogen and oxygen atoms in total. The molecular formula is C22H25N5O4. The van der Waals surface area contributed by atoms with Crippen molar-refractivity contribution in [2.45, 2.75) is 0 Å². The number of nitrogens with one attached hydrogen (secondary N) is 2. The fraction of sp³-hybridized carbons (Fsp3) is 0.273. The number of ether oxygens (including phenoxy) is 1. The summed E-state index contributed by atoms with van der Waals surface area (Å²) >= 11 is 0. The molecule has 1 saturated heterocycles. The van der Waals surface area contributed by atoms with E-state index in [1.165, 1.54) is 6.21 Å². The molecule has 2 aromatic rings. The number of para-hydroxylation sites is 1. The Kier molecular flexibility index (Phi) is 7.34. The average molecular weight is 423 g/mol. The summed E-state index contributed by atoms with van der Waals surface area (Å²) < 4.78 is 5.27. The first-order valence-electron chi connectivity index (χ1n) is 9.83. The van der Waals surface area contributed by atoms with E-state index in [9.17, 15) is 14.4 Å². The monoisotopic (exact) mass is 423 g/mol. The van der Waals surface area contributed by atoms with E-state index in [1.807, 2.05) is 43.3 Å². The van der Waals surface area contributed by atoms with Crippen molar-refractivity contribution in [3.63, 3.8) is 0 Å². The SMILES string of the molecule is CN(C)c1ccc(/C=N/NC(=O)C(=O)Nc2ccccc2C(=O)N2CCOCC2)cc1. The second kappa shape index (κ2) is 10.4. The molecule has 2 N–H and O–H groups in total. The van der Waals surface area contributed by atoms with Gasteiger partial charge in [0.2, 0.25) is 0 Å². The summed E-state index contributed by atoms with van der Waals surface area (Å²) in [5.74, 6) is -2.07. The molecule has 0 atom stereocenters. The number of carbonyl (C=O) groups excluding carboxylic acids is 3. The minimum absolute atomic E-state index is 0.223. The molecule has 0 aromatic heterocycles. The van der Waals surface area contributed by atoms with Gasteiger partial charge in [0.15, 0.2) is 0 Å². The highest BCUT2D eigenvalue weighted by Gasteiger charge is 2.22. The van der Waals surface area contributed by atoms with Crippen LogP contribution in [0.2, 0.25) is 0 Å². The van der Waals surface area contributed by atoms with Crippen LogP contribution in [0.15, 0.2) is 53.6 Å². The summed E-state index contributed by atoms with van der Waals surface area (Å²) in [5, 5.41) is 6.31. The molecule has 1 aliphatic rings. The zero-order valence-corrected chi connectivity index (χ0v) is 17.5. The summed E-state index contributed by atoms with van der Waals surface area (Å²) in [6, 6.07) is 14.1. The number of hydrogen-bond donors (Lipinski definition) is 2. The maximum absolute atomic E-state index is 12.8. The van der Waals surface area contributed by atoms with Gasteiger partial charge in [0, 0.05) is 32.9 Å². The summed E-state index contributed by atoms with van der Waals surface area (Å²) in [4.78, 5) is 40.8. The van der Waals surface area contributed by atoms with Crippen LogP contribution in [0, 0.1) is 0 Å². The van der Waals surface area contributed by atoms with Crippen molar-refractivity contribution in [2.75, 3.05) is 50.6 Å². The van der Waals surface area contributed by atoms with Crippen LogP contribution in [-0.2, 0) is 14.3 Å². The van der Waals surface area contributed by atoms with Crippen molar-refractivity contribution >= 4 is 35.3 Å². The third-order valence-electron chi connectivity index (χ3n) is 4.70. The highest BCUT2D eigenvalue weighted by Crippen LogP contribution is 2.18. The van der Waals surface area contributed by atoms with Crippen molar-refractivity contribution < 1.29 is 19.1 Å². The molecule has 0 aliphatic carbocycles. The molecule has 0 unspecified atom stereocenters. The second-order valence-electron chi connectivity index (χ2n) is 7.09. The maximum atomic E-state index is 12.8. The van der Waals surface area contributed by atoms with Gasteiger partial charge in [-0.15, -0.1) is 0 Å². The van der Waals surface area contributed by atoms with Crippen LogP contribution in [0.1, 0.15) is 15.9 Å². The number of morpholine rings is 1. The first kappa shape index (κ1) is 22.0. The standard InChI is InChI=1S/C22H25N5O4/c1-26(2)17-9-7-16(8-10-17)15-23-25-21(29)20(28)24-19-6-4-3-5-18(19)22(30)27-11-13-31-14-12-27/h3-10,15H,11-14H2,1-2H3,(H,24,28)(H,25,29)/b23-15+. The van der Waals surface area contributed by atoms with Gasteiger partial charge in [-0.2, -0.15) is 5.10 Å². The molecule has 0 saturated carbocycles. The minimum Gasteiger partial charge on any atom is -0.378 e. The summed E-state index contributed by atoms with van der Waals surface area (Å²) in [6.45, 7) is 1.90. The molecule has 1 heterocycles. The third-order valence-corrected chi connectivity index (χ3v) is 4.70. The Morgan fingerprint density at radius 1 is 1.00 bits per heavy atom. The predicted octanol–water partition coefficient (Wildman–Crippen LogP) is 1.31. The number of hydrazone groups is 1. The van der Waals surface area contributed by atoms with E-state index in [1.54, 1.807) is 29.2 Å². The van der Waals surface area contributed by atoms with Crippen LogP contribution in [0.25, 0.3) is 0 Å². The molecular weight excluding hydrogens is 398 g/mol. The number of amides is 3. The largest absolute Gasteiger partial charge is 0.378 e. The van der Waals surface area contributed by atoms with E-state index in [4.69, 9.17) is 4.74 Å². The van der Waals surface area contributed by atoms with Crippen molar-refractivity contribution in [2.24, 2.45) is 5.10 Å². The topological polar surface area (TPSA) is 103 Å². The quantitative estimate of drug-likeness (QED) is 0.429. The van der Waals surface area contributed by atoms with E-state index < -0.39 is 11.8 Å². The third kappa shape index (κ3) is 5.89. The Morgan fingerprint density at radius 2 is 1.68 bits per heavy atom. The minimum atomic E-state index is -0.935. The number of nitrogens with zero attached hydrogens (tertiary/aromatic N) is 3. The molecule has 0 bridgehead atoms. The molecule has 9 heteroatoms. The lowest BCUT2D eigenvalue weighted by Gasteiger charge is -2.27. The van der Waals surface area contributed by atoms with E-state index in [2.05, 4.69) is 15.8 Å². The van der Waals surface area contributed by atoms with Crippen molar-refractivity contribution in [1.29, 1.82) is 0 Å². The van der Waals surface area contributed by atoms with Crippen LogP contribution in [0.5, 0.6) is 0 Å². The number of anilines is 2. The van der Waals surface area contributed by atoms with Gasteiger partial charge in [-0.25, -0.2) is 5.43 Å². The Bertz CT molecular complexity index is 966. The molecule has 1 aliphatic heterocycles. The van der Waals surface area contributed by atoms with Gasteiger partial charge in [-0.3, -0.25) is 14.4 Å². The number of benzene rings is 2. The first-order valence-corrected chi connectivity index (χ1v) is 9.83. The summed E-state index contributed by atoms with van der Waals surface area (Å²) in [6.07, 6.45) is 1.44. The smallest absolute Gasteiger partial charge is 0.329 e. The molecule has 3 rings (SSSR count).